The highest BCUT2D eigenvalue weighted by Crippen LogP contribution is 2.54. The predicted molar refractivity (Wildman–Crippen MR) is 110 cm³/mol. The minimum Gasteiger partial charge on any atom is -0.480 e. The minimum atomic E-state index is -1.17. The number of hydrogen-bond donors (Lipinski definition) is 2. The highest BCUT2D eigenvalue weighted by Gasteiger charge is 2.48. The van der Waals surface area contributed by atoms with Gasteiger partial charge in [-0.3, -0.25) is 4.79 Å². The van der Waals surface area contributed by atoms with Gasteiger partial charge in [-0.05, 0) is 35.7 Å². The van der Waals surface area contributed by atoms with Crippen molar-refractivity contribution in [3.8, 4) is 22.6 Å². The van der Waals surface area contributed by atoms with Crippen LogP contribution in [-0.2, 0) is 15.1 Å². The Balaban J connectivity index is 1.77. The van der Waals surface area contributed by atoms with Crippen LogP contribution in [0.1, 0.15) is 23.6 Å². The summed E-state index contributed by atoms with van der Waals surface area (Å²) in [5.74, 6) is 0.194. The van der Waals surface area contributed by atoms with Crippen molar-refractivity contribution < 1.29 is 24.1 Å². The molecule has 5 rings (SSSR count). The molecular formula is C24H21NO5. The van der Waals surface area contributed by atoms with Crippen molar-refractivity contribution in [3.05, 3.63) is 83.4 Å². The van der Waals surface area contributed by atoms with E-state index in [-0.39, 0.29) is 6.79 Å². The summed E-state index contributed by atoms with van der Waals surface area (Å²) in [5.41, 5.74) is 9.70. The second kappa shape index (κ2) is 6.86. The Morgan fingerprint density at radius 2 is 1.60 bits per heavy atom. The number of rotatable bonds is 5. The summed E-state index contributed by atoms with van der Waals surface area (Å²) in [6.45, 7) is 1.86. The Kier molecular flexibility index (Phi) is 4.27. The van der Waals surface area contributed by atoms with Gasteiger partial charge in [-0.15, -0.1) is 0 Å². The Labute approximate surface area is 173 Å². The van der Waals surface area contributed by atoms with Gasteiger partial charge in [0.05, 0.1) is 6.10 Å². The smallest absolute Gasteiger partial charge is 0.323 e. The van der Waals surface area contributed by atoms with E-state index in [2.05, 4.69) is 0 Å². The lowest BCUT2D eigenvalue weighted by molar-refractivity contribution is -0.144. The molecule has 3 aromatic carbocycles. The van der Waals surface area contributed by atoms with E-state index >= 15 is 0 Å². The molecule has 3 N–H and O–H groups in total. The van der Waals surface area contributed by atoms with E-state index in [1.807, 2.05) is 66.7 Å². The fourth-order valence-corrected chi connectivity index (χ4v) is 4.37. The van der Waals surface area contributed by atoms with Gasteiger partial charge in [0.15, 0.2) is 11.5 Å². The standard InChI is InChI=1S/C24H21NO5/c1-14(22(25)23(26)27)30-24(15-10-11-20-21(12-15)29-13-28-20)18-8-4-2-6-16(18)17-7-3-5-9-19(17)24/h2-12,14,22H,13,25H2,1H3,(H,26,27)/t14-,22+/m1/s1. The van der Waals surface area contributed by atoms with Crippen LogP contribution in [0.3, 0.4) is 0 Å². The van der Waals surface area contributed by atoms with Gasteiger partial charge in [-0.1, -0.05) is 54.6 Å². The zero-order valence-electron chi connectivity index (χ0n) is 16.4. The largest absolute Gasteiger partial charge is 0.480 e. The zero-order chi connectivity index (χ0) is 20.9. The summed E-state index contributed by atoms with van der Waals surface area (Å²) in [6.07, 6.45) is -0.757. The van der Waals surface area contributed by atoms with Crippen LogP contribution in [0.4, 0.5) is 0 Å². The number of ether oxygens (including phenoxy) is 3. The number of aliphatic carboxylic acids is 1. The molecule has 0 unspecified atom stereocenters. The topological polar surface area (TPSA) is 91.0 Å². The molecule has 0 saturated carbocycles. The first-order valence-electron chi connectivity index (χ1n) is 9.78. The van der Waals surface area contributed by atoms with Crippen LogP contribution >= 0.6 is 0 Å². The quantitative estimate of drug-likeness (QED) is 0.678. The number of benzene rings is 3. The second-order valence-corrected chi connectivity index (χ2v) is 7.53. The number of nitrogens with two attached hydrogens (primary N) is 1. The van der Waals surface area contributed by atoms with E-state index in [9.17, 15) is 9.90 Å². The van der Waals surface area contributed by atoms with E-state index in [0.717, 1.165) is 27.8 Å². The number of carboxylic acid groups (broad SMARTS) is 1. The zero-order valence-corrected chi connectivity index (χ0v) is 16.4. The third kappa shape index (κ3) is 2.61. The highest BCUT2D eigenvalue weighted by molar-refractivity contribution is 5.82. The van der Waals surface area contributed by atoms with Crippen molar-refractivity contribution in [2.45, 2.75) is 24.7 Å². The molecule has 3 aromatic rings. The summed E-state index contributed by atoms with van der Waals surface area (Å²) >= 11 is 0. The molecule has 6 nitrogen and oxygen atoms in total. The molecule has 1 heterocycles. The van der Waals surface area contributed by atoms with E-state index in [1.165, 1.54) is 0 Å². The Bertz CT molecular complexity index is 1100. The third-order valence-corrected chi connectivity index (χ3v) is 5.84. The van der Waals surface area contributed by atoms with Crippen LogP contribution in [0, 0.1) is 0 Å². The van der Waals surface area contributed by atoms with Crippen molar-refractivity contribution in [3.63, 3.8) is 0 Å². The van der Waals surface area contributed by atoms with E-state index in [0.29, 0.717) is 11.5 Å². The van der Waals surface area contributed by atoms with Crippen molar-refractivity contribution in [1.29, 1.82) is 0 Å². The van der Waals surface area contributed by atoms with E-state index < -0.39 is 23.7 Å². The Hall–Kier alpha value is -3.35. The molecule has 0 radical (unpaired) electrons. The van der Waals surface area contributed by atoms with Gasteiger partial charge in [0.25, 0.3) is 0 Å². The average Bonchev–Trinajstić information content (AvgIpc) is 3.34. The maximum Gasteiger partial charge on any atom is 0.323 e. The molecule has 6 heteroatoms. The monoisotopic (exact) mass is 403 g/mol. The van der Waals surface area contributed by atoms with Crippen LogP contribution in [0.2, 0.25) is 0 Å². The van der Waals surface area contributed by atoms with Gasteiger partial charge in [-0.2, -0.15) is 0 Å². The fraction of sp³-hybridized carbons (Fsp3) is 0.208. The first kappa shape index (κ1) is 18.7. The Morgan fingerprint density at radius 3 is 2.23 bits per heavy atom. The van der Waals surface area contributed by atoms with Crippen molar-refractivity contribution in [1.82, 2.24) is 0 Å². The molecule has 2 aliphatic rings. The lowest BCUT2D eigenvalue weighted by Gasteiger charge is -2.36. The molecule has 0 spiro atoms. The van der Waals surface area contributed by atoms with Gasteiger partial charge in [0, 0.05) is 11.1 Å². The highest BCUT2D eigenvalue weighted by atomic mass is 16.7. The first-order chi connectivity index (χ1) is 14.5. The molecular weight excluding hydrogens is 382 g/mol. The van der Waals surface area contributed by atoms with Crippen LogP contribution in [0.25, 0.3) is 11.1 Å². The van der Waals surface area contributed by atoms with Crippen LogP contribution < -0.4 is 15.2 Å². The molecule has 30 heavy (non-hydrogen) atoms. The van der Waals surface area contributed by atoms with E-state index in [4.69, 9.17) is 19.9 Å². The van der Waals surface area contributed by atoms with Crippen LogP contribution in [-0.4, -0.2) is 30.0 Å². The summed E-state index contributed by atoms with van der Waals surface area (Å²) in [4.78, 5) is 11.6. The van der Waals surface area contributed by atoms with Gasteiger partial charge in [-0.25, -0.2) is 0 Å². The molecule has 0 bridgehead atoms. The number of fused-ring (bicyclic) bond motifs is 4. The SMILES string of the molecule is C[C@@H](OC1(c2ccc3c(c2)OCO3)c2ccccc2-c2ccccc21)[C@H](N)C(=O)O. The normalized spacial score (nSPS) is 17.1. The first-order valence-corrected chi connectivity index (χ1v) is 9.78. The fourth-order valence-electron chi connectivity index (χ4n) is 4.37. The van der Waals surface area contributed by atoms with E-state index in [1.54, 1.807) is 6.92 Å². The molecule has 2 atom stereocenters. The molecule has 0 fully saturated rings. The lowest BCUT2D eigenvalue weighted by atomic mass is 9.83. The van der Waals surface area contributed by atoms with Gasteiger partial charge in [0.1, 0.15) is 11.6 Å². The molecule has 0 aromatic heterocycles. The lowest BCUT2D eigenvalue weighted by Crippen LogP contribution is -2.46. The summed E-state index contributed by atoms with van der Waals surface area (Å²) in [6, 6.07) is 20.5. The molecule has 1 aliphatic carbocycles. The summed E-state index contributed by atoms with van der Waals surface area (Å²) < 4.78 is 17.7. The summed E-state index contributed by atoms with van der Waals surface area (Å²) in [5, 5.41) is 9.46. The van der Waals surface area contributed by atoms with Gasteiger partial charge in [0.2, 0.25) is 6.79 Å². The van der Waals surface area contributed by atoms with Crippen molar-refractivity contribution >= 4 is 5.97 Å². The van der Waals surface area contributed by atoms with Crippen LogP contribution in [0.5, 0.6) is 11.5 Å². The predicted octanol–water partition coefficient (Wildman–Crippen LogP) is 3.50. The Morgan fingerprint density at radius 1 is 1.00 bits per heavy atom. The third-order valence-electron chi connectivity index (χ3n) is 5.84. The molecule has 152 valence electrons. The maximum atomic E-state index is 11.6. The number of hydrogen-bond acceptors (Lipinski definition) is 5. The number of carbonyl (C=O) groups is 1. The van der Waals surface area contributed by atoms with Gasteiger partial charge >= 0.3 is 5.97 Å². The molecule has 1 aliphatic heterocycles. The molecule has 0 saturated heterocycles. The van der Waals surface area contributed by atoms with Crippen LogP contribution in [0.15, 0.2) is 66.7 Å². The number of carboxylic acids is 1. The summed E-state index contributed by atoms with van der Waals surface area (Å²) in [7, 11) is 0. The van der Waals surface area contributed by atoms with Crippen molar-refractivity contribution in [2.24, 2.45) is 5.73 Å². The average molecular weight is 403 g/mol. The van der Waals surface area contributed by atoms with Crippen molar-refractivity contribution in [2.75, 3.05) is 6.79 Å². The minimum absolute atomic E-state index is 0.167. The second-order valence-electron chi connectivity index (χ2n) is 7.53. The van der Waals surface area contributed by atoms with Gasteiger partial charge < -0.3 is 25.1 Å². The maximum absolute atomic E-state index is 11.6. The molecule has 0 amide bonds.